The third kappa shape index (κ3) is 207. The van der Waals surface area contributed by atoms with Crippen LogP contribution in [0.5, 0.6) is 0 Å². The molecule has 0 heterocycles. The van der Waals surface area contributed by atoms with Gasteiger partial charge >= 0.3 is 0 Å². The van der Waals surface area contributed by atoms with Crippen LogP contribution in [0.1, 0.15) is 7.43 Å². The zero-order valence-corrected chi connectivity index (χ0v) is 12.8. The van der Waals surface area contributed by atoms with Crippen molar-refractivity contribution in [3.8, 4) is 0 Å². The maximum Gasteiger partial charge on any atom is 0.292 e. The largest absolute Gasteiger partial charge is 0.493 e. The predicted molar refractivity (Wildman–Crippen MR) is 87.9 cm³/mol. The summed E-state index contributed by atoms with van der Waals surface area (Å²) < 4.78 is 9.72. The number of hydrogen-bond donors (Lipinski definition) is 0. The van der Waals surface area contributed by atoms with Gasteiger partial charge in [-0.3, -0.25) is 9.59 Å². The highest BCUT2D eigenvalue weighted by Gasteiger charge is 1.51. The van der Waals surface area contributed by atoms with Crippen LogP contribution in [-0.2, 0) is 19.1 Å². The van der Waals surface area contributed by atoms with E-state index < -0.39 is 0 Å². The second-order valence-corrected chi connectivity index (χ2v) is 3.43. The summed E-state index contributed by atoms with van der Waals surface area (Å²) in [6.07, 6.45) is 3.67. The Hall–Kier alpha value is -0.180. The van der Waals surface area contributed by atoms with Gasteiger partial charge in [0.15, 0.2) is 5.62 Å². The van der Waals surface area contributed by atoms with Gasteiger partial charge in [-0.2, -0.15) is 0 Å². The molecule has 0 aliphatic heterocycles. The van der Waals surface area contributed by atoms with Crippen molar-refractivity contribution in [2.75, 3.05) is 26.7 Å². The monoisotopic (exact) mass is 320 g/mol. The zero-order chi connectivity index (χ0) is 13.7. The molecule has 0 N–H and O–H groups in total. The zero-order valence-electron chi connectivity index (χ0n) is 9.58. The molecule has 4 nitrogen and oxygen atoms in total. The van der Waals surface area contributed by atoms with Gasteiger partial charge in [0.05, 0.1) is 14.2 Å². The Bertz CT molecular complexity index is 113. The average molecular weight is 321 g/mol. The summed E-state index contributed by atoms with van der Waals surface area (Å²) in [6, 6.07) is 0. The molecule has 17 heavy (non-hydrogen) atoms. The van der Waals surface area contributed by atoms with Gasteiger partial charge in [0, 0.05) is 4.70 Å². The molecule has 0 bridgehead atoms. The molecular formula is C9H20O4S4. The molecule has 0 amide bonds. The van der Waals surface area contributed by atoms with E-state index in [1.807, 2.05) is 6.26 Å². The smallest absolute Gasteiger partial charge is 0.292 e. The Balaban J connectivity index is -0.0000000369. The number of thioether (sulfide) groups is 2. The lowest BCUT2D eigenvalue weighted by Gasteiger charge is -1.70. The van der Waals surface area contributed by atoms with Crippen LogP contribution in [0.4, 0.5) is 0 Å². The number of thiocarbonyl (C=S) groups is 2. The lowest BCUT2D eigenvalue weighted by molar-refractivity contribution is -0.126. The Morgan fingerprint density at radius 2 is 1.24 bits per heavy atom. The Kier molecular flexibility index (Phi) is 101. The first-order valence-corrected chi connectivity index (χ1v) is 7.04. The Morgan fingerprint density at radius 1 is 1.00 bits per heavy atom. The quantitative estimate of drug-likeness (QED) is 0.579. The first-order valence-electron chi connectivity index (χ1n) is 3.52. The first-order chi connectivity index (χ1) is 7.66. The van der Waals surface area contributed by atoms with Crippen molar-refractivity contribution in [3.05, 3.63) is 0 Å². The fourth-order valence-electron chi connectivity index (χ4n) is 0. The minimum Gasteiger partial charge on any atom is -0.493 e. The topological polar surface area (TPSA) is 52.6 Å². The lowest BCUT2D eigenvalue weighted by Crippen LogP contribution is -1.68. The van der Waals surface area contributed by atoms with E-state index in [9.17, 15) is 0 Å². The SMILES string of the molecule is C.COC=O.COC=S.CSC=O.CSC=S. The minimum atomic E-state index is 0. The van der Waals surface area contributed by atoms with Crippen LogP contribution in [0.25, 0.3) is 0 Å². The highest BCUT2D eigenvalue weighted by atomic mass is 32.2. The van der Waals surface area contributed by atoms with Crippen LogP contribution in [0.15, 0.2) is 0 Å². The Morgan fingerprint density at radius 3 is 1.24 bits per heavy atom. The molecule has 0 aromatic rings. The van der Waals surface area contributed by atoms with Gasteiger partial charge in [-0.1, -0.05) is 31.4 Å². The summed E-state index contributed by atoms with van der Waals surface area (Å²) in [7, 11) is 2.83. The molecule has 0 atom stereocenters. The van der Waals surface area contributed by atoms with Gasteiger partial charge in [-0.15, -0.1) is 11.8 Å². The number of carbonyl (C=O) groups excluding carboxylic acids is 2. The molecule has 0 saturated carbocycles. The van der Waals surface area contributed by atoms with Gasteiger partial charge in [0.1, 0.15) is 5.55 Å². The van der Waals surface area contributed by atoms with E-state index in [0.717, 1.165) is 5.62 Å². The minimum absolute atomic E-state index is 0. The molecule has 0 spiro atoms. The van der Waals surface area contributed by atoms with Crippen LogP contribution < -0.4 is 0 Å². The van der Waals surface area contributed by atoms with Crippen LogP contribution in [-0.4, -0.2) is 49.1 Å². The molecule has 0 radical (unpaired) electrons. The lowest BCUT2D eigenvalue weighted by atomic mass is 11.5. The Labute approximate surface area is 123 Å². The number of hydrogen-bond acceptors (Lipinski definition) is 8. The van der Waals surface area contributed by atoms with Crippen molar-refractivity contribution in [2.45, 2.75) is 7.43 Å². The van der Waals surface area contributed by atoms with E-state index in [1.54, 1.807) is 22.7 Å². The molecule has 0 aromatic carbocycles. The summed E-state index contributed by atoms with van der Waals surface area (Å²) in [6.45, 7) is 0.375. The molecule has 0 aromatic heterocycles. The van der Waals surface area contributed by atoms with Gasteiger partial charge in [0.25, 0.3) is 6.47 Å². The first kappa shape index (κ1) is 30.1. The maximum absolute atomic E-state index is 9.14. The fourth-order valence-corrected chi connectivity index (χ4v) is 0. The molecule has 0 aliphatic carbocycles. The summed E-state index contributed by atoms with van der Waals surface area (Å²) in [5, 5.41) is 0. The van der Waals surface area contributed by atoms with E-state index in [2.05, 4.69) is 33.9 Å². The average Bonchev–Trinajstić information content (AvgIpc) is 2.39. The van der Waals surface area contributed by atoms with Gasteiger partial charge < -0.3 is 9.47 Å². The molecule has 0 fully saturated rings. The summed E-state index contributed by atoms with van der Waals surface area (Å²) in [5.74, 6) is 0. The molecule has 0 saturated heterocycles. The summed E-state index contributed by atoms with van der Waals surface area (Å²) in [5.41, 5.74) is 2.00. The highest BCUT2D eigenvalue weighted by Crippen LogP contribution is 1.78. The normalized spacial score (nSPS) is 5.41. The molecule has 0 aliphatic rings. The fraction of sp³-hybridized carbons (Fsp3) is 0.556. The number of methoxy groups -OCH3 is 2. The summed E-state index contributed by atoms with van der Waals surface area (Å²) in [4.78, 5) is 18.1. The number of ether oxygens (including phenoxy) is 2. The second kappa shape index (κ2) is 56.8. The maximum atomic E-state index is 9.14. The van der Waals surface area contributed by atoms with E-state index in [4.69, 9.17) is 9.59 Å². The predicted octanol–water partition coefficient (Wildman–Crippen LogP) is 2.86. The van der Waals surface area contributed by atoms with Crippen molar-refractivity contribution >= 4 is 70.3 Å². The standard InChI is InChI=1S/C2H4O2.2C2H4OS.C2H4S2.CH4/c2*1-4-2-3;1-3-2-4;1-4-2-3;/h4*2H,1H3;1H4. The van der Waals surface area contributed by atoms with E-state index in [1.165, 1.54) is 31.5 Å². The van der Waals surface area contributed by atoms with Gasteiger partial charge in [-0.05, 0) is 24.7 Å². The van der Waals surface area contributed by atoms with Crippen molar-refractivity contribution < 1.29 is 19.1 Å². The van der Waals surface area contributed by atoms with Crippen molar-refractivity contribution in [2.24, 2.45) is 0 Å². The van der Waals surface area contributed by atoms with Gasteiger partial charge in [-0.25, -0.2) is 0 Å². The number of rotatable bonds is 4. The third-order valence-electron chi connectivity index (χ3n) is 0.385. The van der Waals surface area contributed by atoms with E-state index >= 15 is 0 Å². The van der Waals surface area contributed by atoms with Crippen LogP contribution >= 0.6 is 48.0 Å². The molecule has 8 heteroatoms. The molecule has 104 valence electrons. The van der Waals surface area contributed by atoms with Crippen molar-refractivity contribution in [1.82, 2.24) is 0 Å². The second-order valence-electron chi connectivity index (χ2n) is 1.33. The van der Waals surface area contributed by atoms with Crippen LogP contribution in [0, 0.1) is 0 Å². The van der Waals surface area contributed by atoms with Crippen LogP contribution in [0.3, 0.4) is 0 Å². The van der Waals surface area contributed by atoms with Gasteiger partial charge in [0.2, 0.25) is 0 Å². The molecule has 0 rings (SSSR count). The van der Waals surface area contributed by atoms with Crippen molar-refractivity contribution in [3.63, 3.8) is 0 Å². The van der Waals surface area contributed by atoms with Crippen molar-refractivity contribution in [1.29, 1.82) is 0 Å². The van der Waals surface area contributed by atoms with E-state index in [-0.39, 0.29) is 7.43 Å². The molecular weight excluding hydrogens is 300 g/mol. The molecule has 0 unspecified atom stereocenters. The third-order valence-corrected chi connectivity index (χ3v) is 1.54. The van der Waals surface area contributed by atoms with Crippen LogP contribution in [0.2, 0.25) is 0 Å². The number of carbonyl (C=O) groups is 2. The van der Waals surface area contributed by atoms with E-state index in [0.29, 0.717) is 6.47 Å². The highest BCUT2D eigenvalue weighted by molar-refractivity contribution is 8.20. The summed E-state index contributed by atoms with van der Waals surface area (Å²) >= 11 is 11.3.